The van der Waals surface area contributed by atoms with Gasteiger partial charge in [0.15, 0.2) is 0 Å². The number of unbranched alkanes of at least 4 members (excludes halogenated alkanes) is 1. The predicted octanol–water partition coefficient (Wildman–Crippen LogP) is 4.54. The lowest BCUT2D eigenvalue weighted by atomic mass is 10.2. The number of carbonyl (C=O) groups is 1. The lowest BCUT2D eigenvalue weighted by Gasteiger charge is -2.35. The molecule has 1 aliphatic carbocycles. The highest BCUT2D eigenvalue weighted by Crippen LogP contribution is 2.39. The fourth-order valence-electron chi connectivity index (χ4n) is 3.86. The van der Waals surface area contributed by atoms with Crippen LogP contribution < -0.4 is 15.0 Å². The van der Waals surface area contributed by atoms with Gasteiger partial charge in [0.25, 0.3) is 0 Å². The Hall–Kier alpha value is -3.62. The van der Waals surface area contributed by atoms with Crippen LogP contribution in [0.4, 0.5) is 16.3 Å². The van der Waals surface area contributed by atoms with Crippen LogP contribution in [0.3, 0.4) is 0 Å². The minimum Gasteiger partial charge on any atom is -0.494 e. The second-order valence-electron chi connectivity index (χ2n) is 8.77. The number of hydrogen-bond donors (Lipinski definition) is 1. The number of amides is 2. The van der Waals surface area contributed by atoms with Crippen molar-refractivity contribution in [1.29, 1.82) is 0 Å². The van der Waals surface area contributed by atoms with E-state index in [1.165, 1.54) is 0 Å². The normalized spacial score (nSPS) is 15.9. The molecule has 2 fully saturated rings. The third kappa shape index (κ3) is 5.30. The van der Waals surface area contributed by atoms with Crippen LogP contribution in [0.1, 0.15) is 44.4 Å². The Morgan fingerprint density at radius 2 is 1.91 bits per heavy atom. The maximum absolute atomic E-state index is 12.7. The summed E-state index contributed by atoms with van der Waals surface area (Å²) in [5.41, 5.74) is 1.61. The number of piperazine rings is 1. The summed E-state index contributed by atoms with van der Waals surface area (Å²) in [5.74, 6) is 3.45. The molecule has 1 saturated carbocycles. The van der Waals surface area contributed by atoms with Gasteiger partial charge in [-0.3, -0.25) is 0 Å². The van der Waals surface area contributed by atoms with E-state index in [1.807, 2.05) is 41.3 Å². The van der Waals surface area contributed by atoms with Crippen molar-refractivity contribution >= 4 is 17.5 Å². The summed E-state index contributed by atoms with van der Waals surface area (Å²) in [6, 6.07) is 11.4. The van der Waals surface area contributed by atoms with Gasteiger partial charge in [-0.1, -0.05) is 18.5 Å². The Morgan fingerprint density at radius 1 is 1.12 bits per heavy atom. The molecule has 0 radical (unpaired) electrons. The van der Waals surface area contributed by atoms with Gasteiger partial charge in [-0.15, -0.1) is 0 Å². The maximum Gasteiger partial charge on any atom is 0.321 e. The smallest absolute Gasteiger partial charge is 0.321 e. The van der Waals surface area contributed by atoms with Crippen LogP contribution in [0.2, 0.25) is 0 Å². The Balaban J connectivity index is 1.10. The Labute approximate surface area is 199 Å². The van der Waals surface area contributed by atoms with Gasteiger partial charge in [-0.25, -0.2) is 9.78 Å². The molecule has 0 bridgehead atoms. The third-order valence-corrected chi connectivity index (χ3v) is 6.14. The summed E-state index contributed by atoms with van der Waals surface area (Å²) in [6.07, 6.45) is 6.17. The van der Waals surface area contributed by atoms with E-state index >= 15 is 0 Å². The number of pyridine rings is 1. The molecule has 2 aromatic heterocycles. The van der Waals surface area contributed by atoms with Crippen LogP contribution in [0.15, 0.2) is 47.1 Å². The predicted molar refractivity (Wildman–Crippen MR) is 129 cm³/mol. The molecular formula is C25H30N6O3. The number of hydrogen-bond acceptors (Lipinski definition) is 7. The molecule has 1 saturated heterocycles. The molecule has 2 amide bonds. The van der Waals surface area contributed by atoms with Crippen LogP contribution >= 0.6 is 0 Å². The van der Waals surface area contributed by atoms with Gasteiger partial charge >= 0.3 is 6.03 Å². The molecule has 0 spiro atoms. The van der Waals surface area contributed by atoms with Gasteiger partial charge in [0.05, 0.1) is 6.61 Å². The van der Waals surface area contributed by atoms with Crippen molar-refractivity contribution in [3.63, 3.8) is 0 Å². The van der Waals surface area contributed by atoms with Gasteiger partial charge in [0, 0.05) is 49.5 Å². The first-order valence-electron chi connectivity index (χ1n) is 12.0. The van der Waals surface area contributed by atoms with Crippen LogP contribution in [0.5, 0.6) is 5.75 Å². The number of ether oxygens (including phenoxy) is 1. The molecule has 0 unspecified atom stereocenters. The highest BCUT2D eigenvalue weighted by atomic mass is 16.5. The van der Waals surface area contributed by atoms with Crippen LogP contribution in [0, 0.1) is 0 Å². The van der Waals surface area contributed by atoms with Crippen molar-refractivity contribution in [2.45, 2.75) is 38.5 Å². The van der Waals surface area contributed by atoms with Gasteiger partial charge in [0.1, 0.15) is 11.6 Å². The molecule has 9 nitrogen and oxygen atoms in total. The summed E-state index contributed by atoms with van der Waals surface area (Å²) in [4.78, 5) is 25.8. The molecule has 178 valence electrons. The number of urea groups is 1. The zero-order valence-electron chi connectivity index (χ0n) is 19.4. The number of benzene rings is 1. The van der Waals surface area contributed by atoms with E-state index in [-0.39, 0.29) is 6.03 Å². The second-order valence-corrected chi connectivity index (χ2v) is 8.77. The fourth-order valence-corrected chi connectivity index (χ4v) is 3.86. The van der Waals surface area contributed by atoms with Crippen molar-refractivity contribution < 1.29 is 14.1 Å². The first-order valence-corrected chi connectivity index (χ1v) is 12.0. The quantitative estimate of drug-likeness (QED) is 0.491. The van der Waals surface area contributed by atoms with Crippen molar-refractivity contribution in [3.05, 3.63) is 48.5 Å². The van der Waals surface area contributed by atoms with Crippen molar-refractivity contribution in [2.24, 2.45) is 0 Å². The van der Waals surface area contributed by atoms with E-state index in [2.05, 4.69) is 32.3 Å². The van der Waals surface area contributed by atoms with Crippen LogP contribution in [-0.2, 0) is 0 Å². The average molecular weight is 463 g/mol. The molecule has 2 aliphatic rings. The largest absolute Gasteiger partial charge is 0.494 e. The molecule has 1 aliphatic heterocycles. The summed E-state index contributed by atoms with van der Waals surface area (Å²) < 4.78 is 11.0. The summed E-state index contributed by atoms with van der Waals surface area (Å²) in [6.45, 7) is 5.54. The SMILES string of the molecule is CCCCOc1ccc(NC(=O)N2CCN(c3ccc(-c4noc(C5CC5)n4)cn3)CC2)cc1. The van der Waals surface area contributed by atoms with E-state index in [4.69, 9.17) is 9.26 Å². The number of aromatic nitrogens is 3. The first-order chi connectivity index (χ1) is 16.7. The molecule has 5 rings (SSSR count). The minimum atomic E-state index is -0.0915. The first kappa shape index (κ1) is 22.2. The van der Waals surface area contributed by atoms with Gasteiger partial charge in [0.2, 0.25) is 11.7 Å². The molecular weight excluding hydrogens is 432 g/mol. The molecule has 1 aromatic carbocycles. The van der Waals surface area contributed by atoms with Crippen LogP contribution in [0.25, 0.3) is 11.4 Å². The van der Waals surface area contributed by atoms with Crippen LogP contribution in [-0.4, -0.2) is 58.8 Å². The Kier molecular flexibility index (Phi) is 6.60. The lowest BCUT2D eigenvalue weighted by molar-refractivity contribution is 0.208. The fraction of sp³-hybridized carbons (Fsp3) is 0.440. The zero-order chi connectivity index (χ0) is 23.3. The van der Waals surface area contributed by atoms with E-state index < -0.39 is 0 Å². The molecule has 3 heterocycles. The van der Waals surface area contributed by atoms with Crippen molar-refractivity contribution in [3.8, 4) is 17.1 Å². The number of nitrogens with one attached hydrogen (secondary N) is 1. The lowest BCUT2D eigenvalue weighted by Crippen LogP contribution is -2.50. The molecule has 0 atom stereocenters. The molecule has 3 aromatic rings. The highest BCUT2D eigenvalue weighted by molar-refractivity contribution is 5.89. The van der Waals surface area contributed by atoms with Crippen molar-refractivity contribution in [1.82, 2.24) is 20.0 Å². The standard InChI is InChI=1S/C25H30N6O3/c1-2-3-16-33-21-9-7-20(8-10-21)27-25(32)31-14-12-30(13-15-31)22-11-6-19(17-26-22)23-28-24(34-29-23)18-4-5-18/h6-11,17-18H,2-5,12-16H2,1H3,(H,27,32). The average Bonchev–Trinajstić information content (AvgIpc) is 3.62. The molecule has 9 heteroatoms. The number of carbonyl (C=O) groups excluding carboxylic acids is 1. The topological polar surface area (TPSA) is 96.6 Å². The summed E-state index contributed by atoms with van der Waals surface area (Å²) >= 11 is 0. The van der Waals surface area contributed by atoms with Gasteiger partial charge in [-0.05, 0) is 55.7 Å². The zero-order valence-corrected chi connectivity index (χ0v) is 19.4. The minimum absolute atomic E-state index is 0.0915. The van der Waals surface area contributed by atoms with Gasteiger partial charge in [-0.2, -0.15) is 4.98 Å². The number of nitrogens with zero attached hydrogens (tertiary/aromatic N) is 5. The third-order valence-electron chi connectivity index (χ3n) is 6.14. The molecule has 1 N–H and O–H groups in total. The summed E-state index contributed by atoms with van der Waals surface area (Å²) in [7, 11) is 0. The monoisotopic (exact) mass is 462 g/mol. The second kappa shape index (κ2) is 10.1. The Bertz CT molecular complexity index is 1090. The number of rotatable bonds is 8. The summed E-state index contributed by atoms with van der Waals surface area (Å²) in [5, 5.41) is 7.05. The Morgan fingerprint density at radius 3 is 2.59 bits per heavy atom. The van der Waals surface area contributed by atoms with E-state index in [1.54, 1.807) is 6.20 Å². The van der Waals surface area contributed by atoms with Crippen molar-refractivity contribution in [2.75, 3.05) is 43.0 Å². The number of anilines is 2. The van der Waals surface area contributed by atoms with E-state index in [0.29, 0.717) is 31.4 Å². The van der Waals surface area contributed by atoms with E-state index in [0.717, 1.165) is 67.5 Å². The molecule has 34 heavy (non-hydrogen) atoms. The van der Waals surface area contributed by atoms with E-state index in [9.17, 15) is 4.79 Å². The highest BCUT2D eigenvalue weighted by Gasteiger charge is 2.30. The maximum atomic E-state index is 12.7. The van der Waals surface area contributed by atoms with Gasteiger partial charge < -0.3 is 24.4 Å².